The molecule has 116 valence electrons. The highest BCUT2D eigenvalue weighted by atomic mass is 14.9. The van der Waals surface area contributed by atoms with Gasteiger partial charge in [0.15, 0.2) is 0 Å². The van der Waals surface area contributed by atoms with Gasteiger partial charge in [-0.1, -0.05) is 26.7 Å². The van der Waals surface area contributed by atoms with Crippen LogP contribution in [-0.2, 0) is 0 Å². The molecule has 0 saturated heterocycles. The minimum atomic E-state index is 0.750. The first-order chi connectivity index (χ1) is 9.58. The molecule has 1 heteroatoms. The second-order valence-corrected chi connectivity index (χ2v) is 8.93. The predicted molar refractivity (Wildman–Crippen MR) is 86.8 cm³/mol. The third kappa shape index (κ3) is 3.24. The maximum Gasteiger partial charge on any atom is 0.00693 e. The summed E-state index contributed by atoms with van der Waals surface area (Å²) in [5.74, 6) is 4.19. The topological polar surface area (TPSA) is 12.0 Å². The molecule has 1 nitrogen and oxygen atoms in total. The summed E-state index contributed by atoms with van der Waals surface area (Å²) in [4.78, 5) is 0. The van der Waals surface area contributed by atoms with Crippen LogP contribution in [0, 0.1) is 29.1 Å². The average molecular weight is 277 g/mol. The molecule has 4 aliphatic carbocycles. The van der Waals surface area contributed by atoms with Gasteiger partial charge in [-0.25, -0.2) is 0 Å². The molecule has 0 radical (unpaired) electrons. The van der Waals surface area contributed by atoms with Crippen LogP contribution in [0.4, 0.5) is 0 Å². The van der Waals surface area contributed by atoms with Crippen molar-refractivity contribution in [3.63, 3.8) is 0 Å². The summed E-state index contributed by atoms with van der Waals surface area (Å²) in [6.07, 6.45) is 15.1. The summed E-state index contributed by atoms with van der Waals surface area (Å²) >= 11 is 0. The van der Waals surface area contributed by atoms with Crippen LogP contribution >= 0.6 is 0 Å². The third-order valence-corrected chi connectivity index (χ3v) is 6.59. The molecule has 20 heavy (non-hydrogen) atoms. The zero-order valence-corrected chi connectivity index (χ0v) is 14.0. The highest BCUT2D eigenvalue weighted by Crippen LogP contribution is 2.61. The van der Waals surface area contributed by atoms with Gasteiger partial charge < -0.3 is 5.32 Å². The molecule has 0 amide bonds. The monoisotopic (exact) mass is 277 g/mol. The van der Waals surface area contributed by atoms with E-state index in [9.17, 15) is 0 Å². The van der Waals surface area contributed by atoms with Crippen LogP contribution in [0.1, 0.15) is 78.1 Å². The van der Waals surface area contributed by atoms with Crippen LogP contribution in [0.2, 0.25) is 0 Å². The normalized spacial score (nSPS) is 40.5. The van der Waals surface area contributed by atoms with Crippen LogP contribution in [0.3, 0.4) is 0 Å². The molecule has 4 bridgehead atoms. The lowest BCUT2D eigenvalue weighted by atomic mass is 9.48. The van der Waals surface area contributed by atoms with Crippen LogP contribution in [0.5, 0.6) is 0 Å². The largest absolute Gasteiger partial charge is 0.317 e. The molecule has 0 aromatic carbocycles. The zero-order chi connectivity index (χ0) is 14.2. The first-order valence-corrected chi connectivity index (χ1v) is 9.26. The lowest BCUT2D eigenvalue weighted by Crippen LogP contribution is -2.48. The Kier molecular flexibility index (Phi) is 4.45. The van der Waals surface area contributed by atoms with Crippen LogP contribution in [-0.4, -0.2) is 13.1 Å². The number of nitrogens with one attached hydrogen (secondary N) is 1. The summed E-state index contributed by atoms with van der Waals surface area (Å²) in [6, 6.07) is 0.782. The fraction of sp³-hybridized carbons (Fsp3) is 1.00. The molecule has 4 saturated carbocycles. The fourth-order valence-corrected chi connectivity index (χ4v) is 6.18. The summed E-state index contributed by atoms with van der Waals surface area (Å²) in [5, 5.41) is 3.65. The van der Waals surface area contributed by atoms with Crippen molar-refractivity contribution in [2.45, 2.75) is 84.1 Å². The third-order valence-electron chi connectivity index (χ3n) is 6.59. The lowest BCUT2D eigenvalue weighted by molar-refractivity contribution is -0.0621. The first-order valence-electron chi connectivity index (χ1n) is 9.26. The van der Waals surface area contributed by atoms with Gasteiger partial charge in [-0.3, -0.25) is 0 Å². The maximum atomic E-state index is 3.65. The minimum absolute atomic E-state index is 0.750. The fourth-order valence-electron chi connectivity index (χ4n) is 6.18. The summed E-state index contributed by atoms with van der Waals surface area (Å²) in [6.45, 7) is 4.71. The van der Waals surface area contributed by atoms with E-state index < -0.39 is 0 Å². The molecule has 1 unspecified atom stereocenters. The Morgan fingerprint density at radius 3 is 1.95 bits per heavy atom. The van der Waals surface area contributed by atoms with Crippen LogP contribution < -0.4 is 5.32 Å². The van der Waals surface area contributed by atoms with Gasteiger partial charge in [-0.05, 0) is 87.5 Å². The SMILES string of the molecule is CNC(CCCC(C)C)CC12CC3CC(CC(C3)C1)C2. The van der Waals surface area contributed by atoms with E-state index in [-0.39, 0.29) is 0 Å². The van der Waals surface area contributed by atoms with Crippen molar-refractivity contribution in [2.24, 2.45) is 29.1 Å². The van der Waals surface area contributed by atoms with Crippen molar-refractivity contribution >= 4 is 0 Å². The van der Waals surface area contributed by atoms with Crippen LogP contribution in [0.15, 0.2) is 0 Å². The van der Waals surface area contributed by atoms with Crippen molar-refractivity contribution in [1.82, 2.24) is 5.32 Å². The highest BCUT2D eigenvalue weighted by Gasteiger charge is 2.51. The maximum absolute atomic E-state index is 3.65. The summed E-state index contributed by atoms with van der Waals surface area (Å²) in [5.41, 5.74) is 0.750. The van der Waals surface area contributed by atoms with Gasteiger partial charge in [0.25, 0.3) is 0 Å². The number of rotatable bonds is 7. The molecule has 4 rings (SSSR count). The zero-order valence-electron chi connectivity index (χ0n) is 14.0. The molecule has 0 aromatic heterocycles. The Labute approximate surface area is 126 Å². The van der Waals surface area contributed by atoms with E-state index >= 15 is 0 Å². The Bertz CT molecular complexity index is 284. The Morgan fingerprint density at radius 1 is 0.950 bits per heavy atom. The van der Waals surface area contributed by atoms with Crippen molar-refractivity contribution in [3.05, 3.63) is 0 Å². The molecule has 4 aliphatic rings. The summed E-state index contributed by atoms with van der Waals surface area (Å²) in [7, 11) is 2.19. The Hall–Kier alpha value is -0.0400. The number of hydrogen-bond donors (Lipinski definition) is 1. The van der Waals surface area contributed by atoms with Crippen molar-refractivity contribution in [1.29, 1.82) is 0 Å². The van der Waals surface area contributed by atoms with Gasteiger partial charge in [-0.15, -0.1) is 0 Å². The second kappa shape index (κ2) is 5.99. The molecule has 0 aliphatic heterocycles. The molecule has 1 N–H and O–H groups in total. The van der Waals surface area contributed by atoms with E-state index in [2.05, 4.69) is 26.2 Å². The standard InChI is InChI=1S/C19H35N/c1-14(2)5-4-6-18(20-3)13-19-10-15-7-16(11-19)9-17(8-15)12-19/h14-18,20H,4-13H2,1-3H3. The van der Waals surface area contributed by atoms with E-state index in [1.807, 2.05) is 0 Å². The van der Waals surface area contributed by atoms with Crippen molar-refractivity contribution in [3.8, 4) is 0 Å². The van der Waals surface area contributed by atoms with Gasteiger partial charge in [-0.2, -0.15) is 0 Å². The van der Waals surface area contributed by atoms with Crippen LogP contribution in [0.25, 0.3) is 0 Å². The second-order valence-electron chi connectivity index (χ2n) is 8.93. The van der Waals surface area contributed by atoms with Gasteiger partial charge in [0.2, 0.25) is 0 Å². The molecule has 0 spiro atoms. The Morgan fingerprint density at radius 2 is 1.50 bits per heavy atom. The molecule has 4 fully saturated rings. The van der Waals surface area contributed by atoms with Crippen molar-refractivity contribution < 1.29 is 0 Å². The Balaban J connectivity index is 1.55. The van der Waals surface area contributed by atoms with E-state index in [4.69, 9.17) is 0 Å². The smallest absolute Gasteiger partial charge is 0.00693 e. The summed E-state index contributed by atoms with van der Waals surface area (Å²) < 4.78 is 0. The van der Waals surface area contributed by atoms with E-state index in [0.29, 0.717) is 0 Å². The lowest BCUT2D eigenvalue weighted by Gasteiger charge is -2.57. The molecule has 1 atom stereocenters. The highest BCUT2D eigenvalue weighted by molar-refractivity contribution is 5.02. The van der Waals surface area contributed by atoms with Gasteiger partial charge >= 0.3 is 0 Å². The molecule has 0 aromatic rings. The van der Waals surface area contributed by atoms with Crippen molar-refractivity contribution in [2.75, 3.05) is 7.05 Å². The van der Waals surface area contributed by atoms with Gasteiger partial charge in [0, 0.05) is 6.04 Å². The minimum Gasteiger partial charge on any atom is -0.317 e. The molecular weight excluding hydrogens is 242 g/mol. The average Bonchev–Trinajstić information content (AvgIpc) is 2.35. The molecular formula is C19H35N. The van der Waals surface area contributed by atoms with E-state index in [1.165, 1.54) is 25.7 Å². The van der Waals surface area contributed by atoms with Gasteiger partial charge in [0.05, 0.1) is 0 Å². The van der Waals surface area contributed by atoms with E-state index in [1.54, 1.807) is 38.5 Å². The first kappa shape index (κ1) is 14.9. The number of hydrogen-bond acceptors (Lipinski definition) is 1. The quantitative estimate of drug-likeness (QED) is 0.690. The van der Waals surface area contributed by atoms with E-state index in [0.717, 1.165) is 35.1 Å². The van der Waals surface area contributed by atoms with Gasteiger partial charge in [0.1, 0.15) is 0 Å². The predicted octanol–water partition coefficient (Wildman–Crippen LogP) is 5.01. The molecule has 0 heterocycles.